The van der Waals surface area contributed by atoms with Crippen LogP contribution in [0.15, 0.2) is 103 Å². The Morgan fingerprint density at radius 2 is 1.59 bits per heavy atom. The van der Waals surface area contributed by atoms with E-state index in [4.69, 9.17) is 4.74 Å². The summed E-state index contributed by atoms with van der Waals surface area (Å²) in [6, 6.07) is 29.4. The number of aliphatic hydroxyl groups is 1. The fourth-order valence-corrected chi connectivity index (χ4v) is 4.41. The van der Waals surface area contributed by atoms with E-state index < -0.39 is 5.72 Å². The number of methoxy groups -OCH3 is 1. The highest BCUT2D eigenvalue weighted by Gasteiger charge is 2.59. The SMILES string of the molecule is COc1ccc(C2[n+]3cccnc3N(Cc3ccccc3)C2(O)c2ccccc2)cc1.[Br-]. The largest absolute Gasteiger partial charge is 1.00 e. The van der Waals surface area contributed by atoms with E-state index in [1.54, 1.807) is 13.3 Å². The predicted octanol–water partition coefficient (Wildman–Crippen LogP) is 0.837. The summed E-state index contributed by atoms with van der Waals surface area (Å²) in [5.74, 6) is 1.50. The lowest BCUT2D eigenvalue weighted by atomic mass is 9.89. The van der Waals surface area contributed by atoms with Crippen molar-refractivity contribution >= 4 is 5.95 Å². The van der Waals surface area contributed by atoms with Gasteiger partial charge in [-0.05, 0) is 23.3 Å². The summed E-state index contributed by atoms with van der Waals surface area (Å²) in [4.78, 5) is 6.66. The fourth-order valence-electron chi connectivity index (χ4n) is 4.41. The van der Waals surface area contributed by atoms with Crippen LogP contribution in [0.3, 0.4) is 0 Å². The molecule has 32 heavy (non-hydrogen) atoms. The number of ether oxygens (including phenoxy) is 1. The molecule has 5 nitrogen and oxygen atoms in total. The lowest BCUT2D eigenvalue weighted by Crippen LogP contribution is -3.00. The molecule has 2 heterocycles. The third-order valence-corrected chi connectivity index (χ3v) is 5.88. The highest BCUT2D eigenvalue weighted by molar-refractivity contribution is 5.45. The predicted molar refractivity (Wildman–Crippen MR) is 119 cm³/mol. The molecule has 3 aromatic carbocycles. The van der Waals surface area contributed by atoms with Crippen molar-refractivity contribution < 1.29 is 31.4 Å². The van der Waals surface area contributed by atoms with Crippen LogP contribution in [0.1, 0.15) is 22.7 Å². The number of benzene rings is 3. The Balaban J connectivity index is 0.00000245. The maximum Gasteiger partial charge on any atom is 0.397 e. The molecule has 0 amide bonds. The number of nitrogens with zero attached hydrogens (tertiary/aromatic N) is 3. The molecule has 2 unspecified atom stereocenters. The van der Waals surface area contributed by atoms with Gasteiger partial charge in [0, 0.05) is 11.6 Å². The van der Waals surface area contributed by atoms with Gasteiger partial charge >= 0.3 is 5.95 Å². The smallest absolute Gasteiger partial charge is 0.397 e. The number of anilines is 1. The second-order valence-electron chi connectivity index (χ2n) is 7.67. The quantitative estimate of drug-likeness (QED) is 0.422. The van der Waals surface area contributed by atoms with E-state index in [-0.39, 0.29) is 23.0 Å². The van der Waals surface area contributed by atoms with Crippen LogP contribution in [0.25, 0.3) is 0 Å². The highest BCUT2D eigenvalue weighted by atomic mass is 79.9. The van der Waals surface area contributed by atoms with E-state index in [1.807, 2.05) is 90.0 Å². The minimum Gasteiger partial charge on any atom is -1.00 e. The molecule has 0 bridgehead atoms. The monoisotopic (exact) mass is 489 g/mol. The summed E-state index contributed by atoms with van der Waals surface area (Å²) < 4.78 is 7.40. The number of rotatable bonds is 5. The molecule has 0 saturated carbocycles. The summed E-state index contributed by atoms with van der Waals surface area (Å²) in [6.45, 7) is 0.524. The van der Waals surface area contributed by atoms with Gasteiger partial charge in [0.1, 0.15) is 11.9 Å². The van der Waals surface area contributed by atoms with E-state index >= 15 is 0 Å². The highest BCUT2D eigenvalue weighted by Crippen LogP contribution is 2.45. The first-order valence-corrected chi connectivity index (χ1v) is 10.3. The zero-order valence-electron chi connectivity index (χ0n) is 17.7. The summed E-state index contributed by atoms with van der Waals surface area (Å²) in [5.41, 5.74) is 1.57. The molecule has 2 atom stereocenters. The molecule has 5 rings (SSSR count). The van der Waals surface area contributed by atoms with E-state index in [0.29, 0.717) is 6.54 Å². The van der Waals surface area contributed by atoms with Gasteiger partial charge in [-0.25, -0.2) is 9.47 Å². The molecule has 162 valence electrons. The Kier molecular flexibility index (Phi) is 6.26. The zero-order chi connectivity index (χ0) is 21.3. The maximum atomic E-state index is 12.5. The Labute approximate surface area is 198 Å². The van der Waals surface area contributed by atoms with Gasteiger partial charge in [0.05, 0.1) is 19.9 Å². The maximum absolute atomic E-state index is 12.5. The molecule has 1 N–H and O–H groups in total. The molecule has 1 aliphatic rings. The standard InChI is InChI=1S/C26H24N3O2.BrH/c1-31-23-15-13-21(14-16-23)24-26(30,22-11-6-3-7-12-22)29(19-20-9-4-2-5-10-20)25-27-17-8-18-28(24)25;/h2-18,24,30H,19H2,1H3;1H/q+1;/p-1. The van der Waals surface area contributed by atoms with Crippen molar-refractivity contribution in [2.75, 3.05) is 12.0 Å². The van der Waals surface area contributed by atoms with Crippen molar-refractivity contribution in [3.63, 3.8) is 0 Å². The third kappa shape index (κ3) is 3.66. The molecule has 6 heteroatoms. The molecule has 0 fully saturated rings. The second kappa shape index (κ2) is 9.10. The van der Waals surface area contributed by atoms with Gasteiger partial charge in [0.25, 0.3) is 5.72 Å². The first-order valence-electron chi connectivity index (χ1n) is 10.3. The number of aromatic nitrogens is 2. The average Bonchev–Trinajstić information content (AvgIpc) is 3.09. The summed E-state index contributed by atoms with van der Waals surface area (Å²) in [7, 11) is 1.65. The van der Waals surface area contributed by atoms with Crippen LogP contribution < -0.4 is 31.2 Å². The minimum absolute atomic E-state index is 0. The van der Waals surface area contributed by atoms with Crippen molar-refractivity contribution in [2.45, 2.75) is 18.3 Å². The third-order valence-electron chi connectivity index (χ3n) is 5.88. The molecule has 4 aromatic rings. The molecule has 0 spiro atoms. The van der Waals surface area contributed by atoms with Gasteiger partial charge in [-0.1, -0.05) is 77.8 Å². The minimum atomic E-state index is -1.33. The van der Waals surface area contributed by atoms with Gasteiger partial charge in [0.15, 0.2) is 6.04 Å². The summed E-state index contributed by atoms with van der Waals surface area (Å²) in [6.07, 6.45) is 3.75. The molecule has 0 aliphatic carbocycles. The lowest BCUT2D eigenvalue weighted by molar-refractivity contribution is -0.703. The molecule has 0 saturated heterocycles. The topological polar surface area (TPSA) is 49.5 Å². The van der Waals surface area contributed by atoms with Crippen molar-refractivity contribution in [1.82, 2.24) is 4.98 Å². The van der Waals surface area contributed by atoms with E-state index in [0.717, 1.165) is 28.4 Å². The lowest BCUT2D eigenvalue weighted by Gasteiger charge is -2.33. The van der Waals surface area contributed by atoms with Gasteiger partial charge in [-0.15, -0.1) is 0 Å². The van der Waals surface area contributed by atoms with Crippen LogP contribution >= 0.6 is 0 Å². The zero-order valence-corrected chi connectivity index (χ0v) is 19.3. The van der Waals surface area contributed by atoms with Crippen molar-refractivity contribution in [2.24, 2.45) is 0 Å². The van der Waals surface area contributed by atoms with Gasteiger partial charge in [0.2, 0.25) is 0 Å². The van der Waals surface area contributed by atoms with Crippen LogP contribution in [0.5, 0.6) is 5.75 Å². The normalized spacial score (nSPS) is 19.2. The van der Waals surface area contributed by atoms with Crippen LogP contribution in [-0.2, 0) is 12.3 Å². The Morgan fingerprint density at radius 3 is 2.25 bits per heavy atom. The number of fused-ring (bicyclic) bond motifs is 1. The van der Waals surface area contributed by atoms with Crippen LogP contribution in [0.2, 0.25) is 0 Å². The number of halogens is 1. The van der Waals surface area contributed by atoms with Crippen molar-refractivity contribution in [3.8, 4) is 5.75 Å². The number of hydrogen-bond acceptors (Lipinski definition) is 4. The van der Waals surface area contributed by atoms with E-state index in [1.165, 1.54) is 0 Å². The summed E-state index contributed by atoms with van der Waals surface area (Å²) >= 11 is 0. The first-order chi connectivity index (χ1) is 15.2. The van der Waals surface area contributed by atoms with E-state index in [9.17, 15) is 5.11 Å². The van der Waals surface area contributed by atoms with Crippen LogP contribution in [-0.4, -0.2) is 17.2 Å². The molecule has 1 aliphatic heterocycles. The fraction of sp³-hybridized carbons (Fsp3) is 0.154. The van der Waals surface area contributed by atoms with Gasteiger partial charge < -0.3 is 26.8 Å². The van der Waals surface area contributed by atoms with Crippen molar-refractivity contribution in [3.05, 3.63) is 120 Å². The Bertz CT molecular complexity index is 1170. The van der Waals surface area contributed by atoms with E-state index in [2.05, 4.69) is 21.7 Å². The van der Waals surface area contributed by atoms with Crippen molar-refractivity contribution in [1.29, 1.82) is 0 Å². The Morgan fingerprint density at radius 1 is 0.938 bits per heavy atom. The van der Waals surface area contributed by atoms with Crippen LogP contribution in [0.4, 0.5) is 5.95 Å². The first kappa shape index (κ1) is 22.0. The molecule has 1 aromatic heterocycles. The average molecular weight is 490 g/mol. The molecular weight excluding hydrogens is 466 g/mol. The van der Waals surface area contributed by atoms with Crippen LogP contribution in [0, 0.1) is 0 Å². The second-order valence-corrected chi connectivity index (χ2v) is 7.67. The van der Waals surface area contributed by atoms with Gasteiger partial charge in [-0.2, -0.15) is 0 Å². The van der Waals surface area contributed by atoms with Gasteiger partial charge in [-0.3, -0.25) is 0 Å². The number of hydrogen-bond donors (Lipinski definition) is 1. The summed E-state index contributed by atoms with van der Waals surface area (Å²) in [5, 5.41) is 12.5. The molecule has 0 radical (unpaired) electrons. The Hall–Kier alpha value is -3.22. The molecular formula is C26H24BrN3O2.